The lowest BCUT2D eigenvalue weighted by atomic mass is 9.77. The van der Waals surface area contributed by atoms with E-state index >= 15 is 0 Å². The molecule has 1 heterocycles. The highest BCUT2D eigenvalue weighted by Crippen LogP contribution is 2.32. The maximum Gasteiger partial charge on any atom is 0.0697 e. The topological polar surface area (TPSA) is 23.5 Å². The molecule has 0 aromatic heterocycles. The van der Waals surface area contributed by atoms with Crippen LogP contribution in [0.15, 0.2) is 0 Å². The molecule has 0 aliphatic carbocycles. The molecule has 0 aromatic rings. The first kappa shape index (κ1) is 10.0. The number of piperidine rings is 1. The number of rotatable bonds is 1. The van der Waals surface area contributed by atoms with Crippen molar-refractivity contribution in [1.29, 1.82) is 0 Å². The molecule has 1 aliphatic heterocycles. The van der Waals surface area contributed by atoms with E-state index in [1.165, 1.54) is 0 Å². The second kappa shape index (κ2) is 3.35. The van der Waals surface area contributed by atoms with Crippen LogP contribution in [0, 0.1) is 5.92 Å². The van der Waals surface area contributed by atoms with Crippen LogP contribution in [0.2, 0.25) is 0 Å². The summed E-state index contributed by atoms with van der Waals surface area (Å²) in [6.45, 7) is 7.43. The largest absolute Gasteiger partial charge is 0.390 e. The van der Waals surface area contributed by atoms with Gasteiger partial charge in [0.05, 0.1) is 5.60 Å². The van der Waals surface area contributed by atoms with Gasteiger partial charge in [0, 0.05) is 12.6 Å². The molecule has 0 spiro atoms. The van der Waals surface area contributed by atoms with E-state index in [9.17, 15) is 5.11 Å². The molecule has 3 unspecified atom stereocenters. The van der Waals surface area contributed by atoms with E-state index in [1.807, 2.05) is 0 Å². The quantitative estimate of drug-likeness (QED) is 0.646. The second-order valence-electron chi connectivity index (χ2n) is 4.35. The van der Waals surface area contributed by atoms with Crippen molar-refractivity contribution in [1.82, 2.24) is 4.90 Å². The van der Waals surface area contributed by atoms with Gasteiger partial charge in [0.15, 0.2) is 0 Å². The first-order chi connectivity index (χ1) is 5.49. The summed E-state index contributed by atoms with van der Waals surface area (Å²) < 4.78 is 0. The predicted molar refractivity (Wildman–Crippen MR) is 51.1 cm³/mol. The van der Waals surface area contributed by atoms with Crippen LogP contribution in [0.3, 0.4) is 0 Å². The highest BCUT2D eigenvalue weighted by molar-refractivity contribution is 4.92. The molecule has 1 N–H and O–H groups in total. The third kappa shape index (κ3) is 1.64. The van der Waals surface area contributed by atoms with Crippen molar-refractivity contribution in [2.45, 2.75) is 45.3 Å². The summed E-state index contributed by atoms with van der Waals surface area (Å²) in [6, 6.07) is 0.520. The second-order valence-corrected chi connectivity index (χ2v) is 4.35. The van der Waals surface area contributed by atoms with Crippen molar-refractivity contribution in [2.75, 3.05) is 13.6 Å². The van der Waals surface area contributed by atoms with E-state index in [-0.39, 0.29) is 0 Å². The molecule has 0 saturated carbocycles. The Morgan fingerprint density at radius 3 is 2.58 bits per heavy atom. The number of hydrogen-bond acceptors (Lipinski definition) is 2. The first-order valence-electron chi connectivity index (χ1n) is 4.92. The van der Waals surface area contributed by atoms with Gasteiger partial charge in [0.2, 0.25) is 0 Å². The minimum atomic E-state index is -0.411. The van der Waals surface area contributed by atoms with Gasteiger partial charge in [-0.1, -0.05) is 13.8 Å². The molecular formula is C10H21NO. The van der Waals surface area contributed by atoms with Crippen LogP contribution >= 0.6 is 0 Å². The van der Waals surface area contributed by atoms with Crippen molar-refractivity contribution in [3.63, 3.8) is 0 Å². The molecule has 2 heteroatoms. The fourth-order valence-corrected chi connectivity index (χ4v) is 2.14. The minimum absolute atomic E-state index is 0.406. The van der Waals surface area contributed by atoms with E-state index in [2.05, 4.69) is 32.7 Å². The minimum Gasteiger partial charge on any atom is -0.390 e. The molecule has 0 bridgehead atoms. The Morgan fingerprint density at radius 1 is 1.50 bits per heavy atom. The third-order valence-corrected chi connectivity index (χ3v) is 3.49. The monoisotopic (exact) mass is 171 g/mol. The molecule has 0 amide bonds. The van der Waals surface area contributed by atoms with Crippen LogP contribution in [-0.2, 0) is 0 Å². The zero-order valence-electron chi connectivity index (χ0n) is 8.67. The summed E-state index contributed by atoms with van der Waals surface area (Å²) in [5.41, 5.74) is -0.411. The van der Waals surface area contributed by atoms with E-state index in [0.29, 0.717) is 12.0 Å². The van der Waals surface area contributed by atoms with Gasteiger partial charge in [-0.3, -0.25) is 0 Å². The van der Waals surface area contributed by atoms with Gasteiger partial charge >= 0.3 is 0 Å². The van der Waals surface area contributed by atoms with Crippen molar-refractivity contribution >= 4 is 0 Å². The first-order valence-corrected chi connectivity index (χ1v) is 4.92. The summed E-state index contributed by atoms with van der Waals surface area (Å²) >= 11 is 0. The van der Waals surface area contributed by atoms with E-state index < -0.39 is 5.60 Å². The van der Waals surface area contributed by atoms with Crippen LogP contribution in [0.1, 0.15) is 33.6 Å². The summed E-state index contributed by atoms with van der Waals surface area (Å²) in [7, 11) is 2.14. The SMILES string of the molecule is CCC1(O)CC(C)N(C)CC1C. The van der Waals surface area contributed by atoms with Gasteiger partial charge in [-0.05, 0) is 32.7 Å². The van der Waals surface area contributed by atoms with Crippen LogP contribution in [0.5, 0.6) is 0 Å². The molecule has 1 rings (SSSR count). The Balaban J connectivity index is 2.67. The van der Waals surface area contributed by atoms with Gasteiger partial charge in [-0.2, -0.15) is 0 Å². The molecule has 12 heavy (non-hydrogen) atoms. The molecule has 0 radical (unpaired) electrons. The highest BCUT2D eigenvalue weighted by Gasteiger charge is 2.39. The molecule has 3 atom stereocenters. The molecule has 72 valence electrons. The number of likely N-dealkylation sites (tertiary alicyclic amines) is 1. The maximum atomic E-state index is 10.2. The summed E-state index contributed by atoms with van der Waals surface area (Å²) in [4.78, 5) is 2.33. The van der Waals surface area contributed by atoms with E-state index in [0.717, 1.165) is 19.4 Å². The van der Waals surface area contributed by atoms with E-state index in [1.54, 1.807) is 0 Å². The van der Waals surface area contributed by atoms with Crippen molar-refractivity contribution in [3.05, 3.63) is 0 Å². The zero-order chi connectivity index (χ0) is 9.35. The third-order valence-electron chi connectivity index (χ3n) is 3.49. The molecule has 1 aliphatic rings. The Morgan fingerprint density at radius 2 is 2.08 bits per heavy atom. The van der Waals surface area contributed by atoms with Crippen LogP contribution in [-0.4, -0.2) is 35.2 Å². The summed E-state index contributed by atoms with van der Waals surface area (Å²) in [5.74, 6) is 0.406. The number of nitrogens with zero attached hydrogens (tertiary/aromatic N) is 1. The molecule has 0 aromatic carbocycles. The Labute approximate surface area is 75.6 Å². The van der Waals surface area contributed by atoms with Crippen LogP contribution in [0.25, 0.3) is 0 Å². The molecule has 2 nitrogen and oxygen atoms in total. The zero-order valence-corrected chi connectivity index (χ0v) is 8.67. The maximum absolute atomic E-state index is 10.2. The average molecular weight is 171 g/mol. The smallest absolute Gasteiger partial charge is 0.0697 e. The predicted octanol–water partition coefficient (Wildman–Crippen LogP) is 1.49. The van der Waals surface area contributed by atoms with Crippen molar-refractivity contribution in [2.24, 2.45) is 5.92 Å². The fourth-order valence-electron chi connectivity index (χ4n) is 2.14. The standard InChI is InChI=1S/C10H21NO/c1-5-10(12)6-9(3)11(4)7-8(10)2/h8-9,12H,5-7H2,1-4H3. The van der Waals surface area contributed by atoms with Gasteiger partial charge in [0.25, 0.3) is 0 Å². The normalized spacial score (nSPS) is 44.8. The lowest BCUT2D eigenvalue weighted by molar-refractivity contribution is -0.0806. The molecule has 1 saturated heterocycles. The average Bonchev–Trinajstić information content (AvgIpc) is 2.01. The molecular weight excluding hydrogens is 150 g/mol. The van der Waals surface area contributed by atoms with Crippen LogP contribution in [0.4, 0.5) is 0 Å². The van der Waals surface area contributed by atoms with Gasteiger partial charge < -0.3 is 10.0 Å². The Kier molecular flexibility index (Phi) is 2.79. The number of hydrogen-bond donors (Lipinski definition) is 1. The molecule has 1 fully saturated rings. The van der Waals surface area contributed by atoms with Gasteiger partial charge in [-0.25, -0.2) is 0 Å². The lowest BCUT2D eigenvalue weighted by Gasteiger charge is -2.45. The number of aliphatic hydroxyl groups is 1. The Hall–Kier alpha value is -0.0800. The van der Waals surface area contributed by atoms with Crippen molar-refractivity contribution in [3.8, 4) is 0 Å². The summed E-state index contributed by atoms with van der Waals surface area (Å²) in [5, 5.41) is 10.2. The fraction of sp³-hybridized carbons (Fsp3) is 1.00. The van der Waals surface area contributed by atoms with Gasteiger partial charge in [0.1, 0.15) is 0 Å². The Bertz CT molecular complexity index is 160. The van der Waals surface area contributed by atoms with Crippen LogP contribution < -0.4 is 0 Å². The van der Waals surface area contributed by atoms with Gasteiger partial charge in [-0.15, -0.1) is 0 Å². The van der Waals surface area contributed by atoms with Crippen molar-refractivity contribution < 1.29 is 5.11 Å². The summed E-state index contributed by atoms with van der Waals surface area (Å²) in [6.07, 6.45) is 1.80. The lowest BCUT2D eigenvalue weighted by Crippen LogP contribution is -2.53. The van der Waals surface area contributed by atoms with E-state index in [4.69, 9.17) is 0 Å². The highest BCUT2D eigenvalue weighted by atomic mass is 16.3.